The summed E-state index contributed by atoms with van der Waals surface area (Å²) in [6, 6.07) is 10.0. The largest absolute Gasteiger partial charge is 0.481 e. The van der Waals surface area contributed by atoms with Crippen molar-refractivity contribution in [3.8, 4) is 0 Å². The molecule has 0 aliphatic carbocycles. The van der Waals surface area contributed by atoms with E-state index < -0.39 is 5.97 Å². The second kappa shape index (κ2) is 13.2. The number of aryl methyl sites for hydroxylation is 4. The number of carboxylic acids is 1. The summed E-state index contributed by atoms with van der Waals surface area (Å²) in [5.41, 5.74) is 12.4. The first kappa shape index (κ1) is 32.3. The van der Waals surface area contributed by atoms with E-state index in [2.05, 4.69) is 32.3 Å². The Morgan fingerprint density at radius 3 is 2.46 bits per heavy atom. The van der Waals surface area contributed by atoms with Crippen LogP contribution in [-0.2, 0) is 27.3 Å². The number of ether oxygens (including phenoxy) is 1. The maximum Gasteiger partial charge on any atom is 0.306 e. The molecule has 0 atom stereocenters. The molecule has 0 aromatic carbocycles. The molecule has 6 heterocycles. The maximum absolute atomic E-state index is 12.9. The highest BCUT2D eigenvalue weighted by molar-refractivity contribution is 5.94. The second-order valence-corrected chi connectivity index (χ2v) is 12.2. The molecular weight excluding hydrogens is 610 g/mol. The van der Waals surface area contributed by atoms with E-state index in [1.165, 1.54) is 6.20 Å². The molecule has 4 aromatic rings. The van der Waals surface area contributed by atoms with Crippen LogP contribution >= 0.6 is 0 Å². The van der Waals surface area contributed by atoms with Crippen LogP contribution in [0.3, 0.4) is 0 Å². The second-order valence-electron chi connectivity index (χ2n) is 12.2. The summed E-state index contributed by atoms with van der Waals surface area (Å²) in [5, 5.41) is 12.5. The number of H-pyrrole nitrogens is 2. The van der Waals surface area contributed by atoms with Gasteiger partial charge in [-0.2, -0.15) is 0 Å². The van der Waals surface area contributed by atoms with Crippen LogP contribution in [0, 0.1) is 25.7 Å². The summed E-state index contributed by atoms with van der Waals surface area (Å²) in [4.78, 5) is 56.5. The van der Waals surface area contributed by atoms with E-state index in [9.17, 15) is 19.6 Å². The minimum atomic E-state index is -0.875. The fraction of sp³-hybridized carbons (Fsp3) is 0.306. The molecule has 0 unspecified atom stereocenters. The number of carboxylic acid groups (broad SMARTS) is 1. The first-order valence-corrected chi connectivity index (χ1v) is 15.8. The van der Waals surface area contributed by atoms with E-state index >= 15 is 0 Å². The van der Waals surface area contributed by atoms with Gasteiger partial charge in [-0.3, -0.25) is 9.59 Å². The number of carbonyl (C=O) groups excluding carboxylic acids is 1. The minimum Gasteiger partial charge on any atom is -0.481 e. The molecule has 12 heteroatoms. The third kappa shape index (κ3) is 6.59. The molecule has 0 saturated heterocycles. The lowest BCUT2D eigenvalue weighted by molar-refractivity contribution is -0.143. The molecule has 4 aromatic heterocycles. The number of aromatic amines is 2. The number of imidazole rings is 1. The quantitative estimate of drug-likeness (QED) is 0.118. The highest BCUT2D eigenvalue weighted by Gasteiger charge is 2.20. The van der Waals surface area contributed by atoms with Gasteiger partial charge in [-0.15, -0.1) is 4.91 Å². The van der Waals surface area contributed by atoms with E-state index in [0.29, 0.717) is 24.4 Å². The van der Waals surface area contributed by atoms with Gasteiger partial charge < -0.3 is 24.4 Å². The summed E-state index contributed by atoms with van der Waals surface area (Å²) in [6.45, 7) is 10.2. The summed E-state index contributed by atoms with van der Waals surface area (Å²) < 4.78 is 7.12. The van der Waals surface area contributed by atoms with Crippen molar-refractivity contribution in [1.29, 1.82) is 0 Å². The lowest BCUT2D eigenvalue weighted by atomic mass is 10.0. The number of allylic oxidation sites excluding steroid dienone is 3. The summed E-state index contributed by atoms with van der Waals surface area (Å²) in [7, 11) is 0. The maximum atomic E-state index is 12.9. The zero-order valence-corrected chi connectivity index (χ0v) is 27.6. The number of hydrogen-bond acceptors (Lipinski definition) is 8. The van der Waals surface area contributed by atoms with Crippen molar-refractivity contribution in [3.05, 3.63) is 86.7 Å². The highest BCUT2D eigenvalue weighted by atomic mass is 16.5. The van der Waals surface area contributed by atoms with E-state index in [0.717, 1.165) is 72.6 Å². The van der Waals surface area contributed by atoms with Crippen LogP contribution in [0.5, 0.6) is 0 Å². The molecule has 0 spiro atoms. The molecule has 8 bridgehead atoms. The predicted molar refractivity (Wildman–Crippen MR) is 185 cm³/mol. The van der Waals surface area contributed by atoms with Crippen LogP contribution < -0.4 is 0 Å². The van der Waals surface area contributed by atoms with Gasteiger partial charge in [0.15, 0.2) is 5.82 Å². The Bertz CT molecular complexity index is 2200. The van der Waals surface area contributed by atoms with Gasteiger partial charge in [0.2, 0.25) is 0 Å². The fourth-order valence-electron chi connectivity index (χ4n) is 6.23. The topological polar surface area (TPSA) is 168 Å². The number of hydrogen-bond donors (Lipinski definition) is 3. The van der Waals surface area contributed by atoms with E-state index in [1.54, 1.807) is 11.5 Å². The average molecular weight is 648 g/mol. The van der Waals surface area contributed by atoms with Gasteiger partial charge in [-0.05, 0) is 122 Å². The van der Waals surface area contributed by atoms with Gasteiger partial charge in [0.1, 0.15) is 12.4 Å². The molecule has 0 amide bonds. The van der Waals surface area contributed by atoms with Gasteiger partial charge >= 0.3 is 11.9 Å². The van der Waals surface area contributed by atoms with Gasteiger partial charge in [0.05, 0.1) is 35.5 Å². The number of nitroso groups, excluding NO2 is 1. The van der Waals surface area contributed by atoms with Crippen molar-refractivity contribution in [2.75, 3.05) is 6.61 Å². The third-order valence-electron chi connectivity index (χ3n) is 8.95. The monoisotopic (exact) mass is 647 g/mol. The molecule has 12 nitrogen and oxygen atoms in total. The zero-order valence-electron chi connectivity index (χ0n) is 27.6. The number of nitrogens with one attached hydrogen (secondary N) is 2. The SMILES string of the molecule is CC1=Cc2cc3[nH]c(cc4nc(cc5[nH]c(cc1n2)c(C)c5CCC(=O)O)C(CCC(=O)OCCn1c(N=O)cnc1C)=C4C)cc3C. The van der Waals surface area contributed by atoms with Gasteiger partial charge in [-0.25, -0.2) is 15.0 Å². The molecule has 48 heavy (non-hydrogen) atoms. The Morgan fingerprint density at radius 1 is 0.896 bits per heavy atom. The number of aliphatic carboxylic acids is 1. The molecular formula is C36H37N7O5. The van der Waals surface area contributed by atoms with Crippen LogP contribution in [0.1, 0.15) is 78.4 Å². The molecule has 3 N–H and O–H groups in total. The van der Waals surface area contributed by atoms with Gasteiger partial charge in [0.25, 0.3) is 0 Å². The highest BCUT2D eigenvalue weighted by Crippen LogP contribution is 2.35. The summed E-state index contributed by atoms with van der Waals surface area (Å²) >= 11 is 0. The first-order valence-electron chi connectivity index (χ1n) is 15.8. The lowest BCUT2D eigenvalue weighted by Crippen LogP contribution is -2.12. The molecule has 0 saturated carbocycles. The smallest absolute Gasteiger partial charge is 0.306 e. The average Bonchev–Trinajstić information content (AvgIpc) is 3.81. The third-order valence-corrected chi connectivity index (χ3v) is 8.95. The van der Waals surface area contributed by atoms with Gasteiger partial charge in [-0.1, -0.05) is 0 Å². The van der Waals surface area contributed by atoms with Crippen molar-refractivity contribution in [1.82, 2.24) is 29.5 Å². The van der Waals surface area contributed by atoms with Crippen molar-refractivity contribution < 1.29 is 19.4 Å². The molecule has 0 fully saturated rings. The van der Waals surface area contributed by atoms with Crippen molar-refractivity contribution in [3.63, 3.8) is 0 Å². The number of aromatic nitrogens is 6. The number of carbonyl (C=O) groups is 2. The number of nitrogens with zero attached hydrogens (tertiary/aromatic N) is 5. The number of rotatable bonds is 10. The van der Waals surface area contributed by atoms with Crippen molar-refractivity contribution >= 4 is 62.6 Å². The fourth-order valence-corrected chi connectivity index (χ4v) is 6.23. The Morgan fingerprint density at radius 2 is 1.69 bits per heavy atom. The lowest BCUT2D eigenvalue weighted by Gasteiger charge is -2.09. The Hall–Kier alpha value is -5.65. The zero-order chi connectivity index (χ0) is 34.1. The summed E-state index contributed by atoms with van der Waals surface area (Å²) in [5.74, 6) is -0.458. The van der Waals surface area contributed by atoms with Crippen LogP contribution in [0.15, 0.2) is 41.7 Å². The van der Waals surface area contributed by atoms with Crippen LogP contribution in [0.2, 0.25) is 0 Å². The normalized spacial score (nSPS) is 12.7. The van der Waals surface area contributed by atoms with Crippen LogP contribution in [-0.4, -0.2) is 53.1 Å². The van der Waals surface area contributed by atoms with E-state index in [1.807, 2.05) is 52.0 Å². The van der Waals surface area contributed by atoms with Crippen LogP contribution in [0.25, 0.3) is 44.9 Å². The molecule has 0 radical (unpaired) electrons. The standard InChI is InChI=1S/C36H37N7O5/c1-19-12-25-15-30-21(3)27(7-9-36(46)48-11-10-43-23(5)37-18-34(43)42-47)33(40-30)17-32-26(6-8-35(44)45)22(4)31(41-32)16-29-20(2)13-24(39-29)14-28(19)38-25/h12-18,38,41H,6-11H2,1-5H3,(H,44,45). The molecule has 6 rings (SSSR count). The summed E-state index contributed by atoms with van der Waals surface area (Å²) in [6.07, 6.45) is 4.26. The first-order chi connectivity index (χ1) is 23.0. The van der Waals surface area contributed by atoms with Gasteiger partial charge in [0, 0.05) is 34.9 Å². The van der Waals surface area contributed by atoms with Crippen molar-refractivity contribution in [2.45, 2.75) is 66.8 Å². The molecule has 2 aliphatic rings. The van der Waals surface area contributed by atoms with Crippen LogP contribution in [0.4, 0.5) is 5.82 Å². The Balaban J connectivity index is 1.41. The minimum absolute atomic E-state index is 0.0196. The van der Waals surface area contributed by atoms with Crippen molar-refractivity contribution in [2.24, 2.45) is 5.18 Å². The van der Waals surface area contributed by atoms with E-state index in [-0.39, 0.29) is 37.8 Å². The molecule has 2 aliphatic heterocycles. The Kier molecular flexibility index (Phi) is 8.90. The predicted octanol–water partition coefficient (Wildman–Crippen LogP) is 7.37. The number of esters is 1. The van der Waals surface area contributed by atoms with E-state index in [4.69, 9.17) is 14.7 Å². The number of fused-ring (bicyclic) bond motifs is 8. The Labute approximate surface area is 276 Å². The molecule has 246 valence electrons.